The molecule has 0 fully saturated rings. The average molecular weight is 229 g/mol. The van der Waals surface area contributed by atoms with E-state index in [4.69, 9.17) is 4.74 Å². The van der Waals surface area contributed by atoms with Crippen molar-refractivity contribution in [2.24, 2.45) is 0 Å². The standard InChI is InChI=1S/C12H23NO3/c1-5-13(9-10-16-6-2)8-7-11(3)12(14)15-4/h7H,5-6,8-10H2,1-4H3. The summed E-state index contributed by atoms with van der Waals surface area (Å²) in [5.74, 6) is -0.263. The molecule has 0 bridgehead atoms. The monoisotopic (exact) mass is 229 g/mol. The summed E-state index contributed by atoms with van der Waals surface area (Å²) < 4.78 is 9.91. The molecule has 0 heterocycles. The summed E-state index contributed by atoms with van der Waals surface area (Å²) in [7, 11) is 1.40. The predicted molar refractivity (Wildman–Crippen MR) is 64.4 cm³/mol. The number of methoxy groups -OCH3 is 1. The molecule has 94 valence electrons. The van der Waals surface area contributed by atoms with Gasteiger partial charge in [-0.1, -0.05) is 13.0 Å². The Balaban J connectivity index is 3.97. The number of hydrogen-bond acceptors (Lipinski definition) is 4. The minimum atomic E-state index is -0.263. The summed E-state index contributed by atoms with van der Waals surface area (Å²) in [4.78, 5) is 13.3. The molecule has 16 heavy (non-hydrogen) atoms. The van der Waals surface area contributed by atoms with Gasteiger partial charge in [-0.3, -0.25) is 4.90 Å². The largest absolute Gasteiger partial charge is 0.466 e. The first kappa shape index (κ1) is 15.1. The van der Waals surface area contributed by atoms with Crippen molar-refractivity contribution in [3.63, 3.8) is 0 Å². The van der Waals surface area contributed by atoms with Crippen LogP contribution in [0.3, 0.4) is 0 Å². The third kappa shape index (κ3) is 6.58. The van der Waals surface area contributed by atoms with E-state index in [9.17, 15) is 4.79 Å². The van der Waals surface area contributed by atoms with Crippen molar-refractivity contribution in [3.8, 4) is 0 Å². The second-order valence-corrected chi connectivity index (χ2v) is 3.47. The maximum atomic E-state index is 11.1. The Bertz CT molecular complexity index is 226. The van der Waals surface area contributed by atoms with Gasteiger partial charge in [-0.2, -0.15) is 0 Å². The molecular weight excluding hydrogens is 206 g/mol. The van der Waals surface area contributed by atoms with E-state index in [1.807, 2.05) is 13.0 Å². The number of carbonyl (C=O) groups is 1. The molecule has 0 spiro atoms. The molecule has 0 aliphatic carbocycles. The fraction of sp³-hybridized carbons (Fsp3) is 0.750. The Morgan fingerprint density at radius 2 is 2.06 bits per heavy atom. The Labute approximate surface area is 98.2 Å². The van der Waals surface area contributed by atoms with Gasteiger partial charge in [-0.05, 0) is 20.4 Å². The number of likely N-dealkylation sites (N-methyl/N-ethyl adjacent to an activating group) is 1. The van der Waals surface area contributed by atoms with Crippen LogP contribution in [0.1, 0.15) is 20.8 Å². The lowest BCUT2D eigenvalue weighted by atomic mass is 10.3. The van der Waals surface area contributed by atoms with Gasteiger partial charge in [0.15, 0.2) is 0 Å². The third-order valence-electron chi connectivity index (χ3n) is 2.37. The van der Waals surface area contributed by atoms with Crippen LogP contribution in [0.4, 0.5) is 0 Å². The van der Waals surface area contributed by atoms with Crippen LogP contribution in [0.25, 0.3) is 0 Å². The Hall–Kier alpha value is -0.870. The van der Waals surface area contributed by atoms with E-state index in [0.717, 1.165) is 32.8 Å². The summed E-state index contributed by atoms with van der Waals surface area (Å²) in [5, 5.41) is 0. The number of nitrogens with zero attached hydrogens (tertiary/aromatic N) is 1. The first-order chi connectivity index (χ1) is 7.65. The van der Waals surface area contributed by atoms with E-state index in [-0.39, 0.29) is 5.97 Å². The van der Waals surface area contributed by atoms with Gasteiger partial charge in [0.1, 0.15) is 0 Å². The minimum absolute atomic E-state index is 0.263. The highest BCUT2D eigenvalue weighted by Crippen LogP contribution is 1.97. The molecule has 0 aliphatic heterocycles. The molecule has 0 aromatic heterocycles. The zero-order valence-corrected chi connectivity index (χ0v) is 10.8. The van der Waals surface area contributed by atoms with E-state index >= 15 is 0 Å². The van der Waals surface area contributed by atoms with Gasteiger partial charge in [0.05, 0.1) is 13.7 Å². The molecule has 0 saturated carbocycles. The van der Waals surface area contributed by atoms with Gasteiger partial charge in [-0.25, -0.2) is 4.79 Å². The van der Waals surface area contributed by atoms with Crippen molar-refractivity contribution in [2.75, 3.05) is 40.0 Å². The van der Waals surface area contributed by atoms with E-state index < -0.39 is 0 Å². The number of hydrogen-bond donors (Lipinski definition) is 0. The molecule has 4 heteroatoms. The van der Waals surface area contributed by atoms with E-state index in [1.165, 1.54) is 7.11 Å². The third-order valence-corrected chi connectivity index (χ3v) is 2.37. The van der Waals surface area contributed by atoms with E-state index in [2.05, 4.69) is 16.6 Å². The normalized spacial score (nSPS) is 11.9. The van der Waals surface area contributed by atoms with Crippen molar-refractivity contribution in [3.05, 3.63) is 11.6 Å². The number of esters is 1. The maximum Gasteiger partial charge on any atom is 0.333 e. The lowest BCUT2D eigenvalue weighted by Crippen LogP contribution is -2.28. The van der Waals surface area contributed by atoms with Crippen molar-refractivity contribution >= 4 is 5.97 Å². The second-order valence-electron chi connectivity index (χ2n) is 3.47. The van der Waals surface area contributed by atoms with Crippen LogP contribution in [0.15, 0.2) is 11.6 Å². The molecule has 0 N–H and O–H groups in total. The summed E-state index contributed by atoms with van der Waals surface area (Å²) in [6, 6.07) is 0. The molecule has 4 nitrogen and oxygen atoms in total. The van der Waals surface area contributed by atoms with Crippen LogP contribution < -0.4 is 0 Å². The maximum absolute atomic E-state index is 11.1. The van der Waals surface area contributed by atoms with E-state index in [0.29, 0.717) is 5.57 Å². The highest BCUT2D eigenvalue weighted by molar-refractivity contribution is 5.87. The van der Waals surface area contributed by atoms with Crippen molar-refractivity contribution in [1.29, 1.82) is 0 Å². The Morgan fingerprint density at radius 1 is 1.38 bits per heavy atom. The zero-order valence-electron chi connectivity index (χ0n) is 10.8. The Morgan fingerprint density at radius 3 is 2.56 bits per heavy atom. The highest BCUT2D eigenvalue weighted by atomic mass is 16.5. The lowest BCUT2D eigenvalue weighted by molar-refractivity contribution is -0.136. The average Bonchev–Trinajstić information content (AvgIpc) is 2.32. The van der Waals surface area contributed by atoms with Gasteiger partial charge in [-0.15, -0.1) is 0 Å². The van der Waals surface area contributed by atoms with Gasteiger partial charge < -0.3 is 9.47 Å². The van der Waals surface area contributed by atoms with Gasteiger partial charge >= 0.3 is 5.97 Å². The van der Waals surface area contributed by atoms with Crippen LogP contribution in [-0.4, -0.2) is 50.8 Å². The quantitative estimate of drug-likeness (QED) is 0.359. The van der Waals surface area contributed by atoms with Crippen LogP contribution in [-0.2, 0) is 14.3 Å². The summed E-state index contributed by atoms with van der Waals surface area (Å²) in [6.07, 6.45) is 1.89. The molecule has 0 radical (unpaired) electrons. The summed E-state index contributed by atoms with van der Waals surface area (Å²) in [6.45, 7) is 9.90. The van der Waals surface area contributed by atoms with Gasteiger partial charge in [0.2, 0.25) is 0 Å². The molecular formula is C12H23NO3. The van der Waals surface area contributed by atoms with Crippen molar-refractivity contribution in [2.45, 2.75) is 20.8 Å². The van der Waals surface area contributed by atoms with Crippen molar-refractivity contribution in [1.82, 2.24) is 4.90 Å². The topological polar surface area (TPSA) is 38.8 Å². The smallest absolute Gasteiger partial charge is 0.333 e. The van der Waals surface area contributed by atoms with Gasteiger partial charge in [0.25, 0.3) is 0 Å². The van der Waals surface area contributed by atoms with Crippen LogP contribution in [0.5, 0.6) is 0 Å². The number of rotatable bonds is 8. The minimum Gasteiger partial charge on any atom is -0.466 e. The molecule has 0 atom stereocenters. The molecule has 0 saturated heterocycles. The summed E-state index contributed by atoms with van der Waals surface area (Å²) in [5.41, 5.74) is 0.650. The first-order valence-corrected chi connectivity index (χ1v) is 5.70. The second kappa shape index (κ2) is 9.36. The highest BCUT2D eigenvalue weighted by Gasteiger charge is 2.04. The first-order valence-electron chi connectivity index (χ1n) is 5.70. The molecule has 0 aliphatic rings. The molecule has 0 unspecified atom stereocenters. The van der Waals surface area contributed by atoms with E-state index in [1.54, 1.807) is 6.92 Å². The predicted octanol–water partition coefficient (Wildman–Crippen LogP) is 1.46. The molecule has 0 aromatic carbocycles. The zero-order chi connectivity index (χ0) is 12.4. The fourth-order valence-corrected chi connectivity index (χ4v) is 1.23. The number of carbonyl (C=O) groups excluding carboxylic acids is 1. The van der Waals surface area contributed by atoms with Gasteiger partial charge in [0, 0.05) is 25.3 Å². The van der Waals surface area contributed by atoms with Crippen LogP contribution >= 0.6 is 0 Å². The van der Waals surface area contributed by atoms with Crippen LogP contribution in [0, 0.1) is 0 Å². The number of ether oxygens (including phenoxy) is 2. The lowest BCUT2D eigenvalue weighted by Gasteiger charge is -2.18. The fourth-order valence-electron chi connectivity index (χ4n) is 1.23. The molecule has 0 aromatic rings. The van der Waals surface area contributed by atoms with Crippen LogP contribution in [0.2, 0.25) is 0 Å². The Kier molecular flexibility index (Phi) is 8.85. The summed E-state index contributed by atoms with van der Waals surface area (Å²) >= 11 is 0. The molecule has 0 amide bonds. The SMILES string of the molecule is CCOCCN(CC)CC=C(C)C(=O)OC. The molecule has 0 rings (SSSR count). The van der Waals surface area contributed by atoms with Crippen molar-refractivity contribution < 1.29 is 14.3 Å².